The highest BCUT2D eigenvalue weighted by atomic mass is 32.1. The summed E-state index contributed by atoms with van der Waals surface area (Å²) in [7, 11) is 0. The van der Waals surface area contributed by atoms with E-state index in [0.29, 0.717) is 11.3 Å². The van der Waals surface area contributed by atoms with E-state index in [1.165, 1.54) is 35.9 Å². The quantitative estimate of drug-likeness (QED) is 0.761. The number of aliphatic hydroxyl groups excluding tert-OH is 2. The van der Waals surface area contributed by atoms with Crippen LogP contribution in [0.5, 0.6) is 0 Å². The summed E-state index contributed by atoms with van der Waals surface area (Å²) < 4.78 is 0. The first kappa shape index (κ1) is 21.2. The number of fused-ring (bicyclic) bond motifs is 1. The Hall–Kier alpha value is -1.08. The Kier molecular flexibility index (Phi) is 6.00. The van der Waals surface area contributed by atoms with E-state index >= 15 is 0 Å². The van der Waals surface area contributed by atoms with Gasteiger partial charge in [-0.25, -0.2) is 9.97 Å². The lowest BCUT2D eigenvalue weighted by Gasteiger charge is -2.39. The molecule has 29 heavy (non-hydrogen) atoms. The van der Waals surface area contributed by atoms with E-state index in [1.54, 1.807) is 0 Å². The number of aromatic nitrogens is 2. The first-order chi connectivity index (χ1) is 13.8. The first-order valence-corrected chi connectivity index (χ1v) is 11.9. The second-order valence-corrected chi connectivity index (χ2v) is 11.2. The second-order valence-electron chi connectivity index (χ2n) is 10.1. The van der Waals surface area contributed by atoms with Crippen LogP contribution in [0, 0.1) is 17.8 Å². The molecule has 2 fully saturated rings. The molecular weight excluding hydrogens is 382 g/mol. The Labute approximate surface area is 178 Å². The molecule has 2 aromatic rings. The van der Waals surface area contributed by atoms with Crippen molar-refractivity contribution in [1.82, 2.24) is 14.9 Å². The fourth-order valence-electron chi connectivity index (χ4n) is 4.89. The van der Waals surface area contributed by atoms with E-state index in [4.69, 9.17) is 9.97 Å². The molecule has 4 rings (SSSR count). The largest absolute Gasteiger partial charge is 0.396 e. The lowest BCUT2D eigenvalue weighted by molar-refractivity contribution is -0.00333. The smallest absolute Gasteiger partial charge is 0.127 e. The number of thiophene rings is 1. The predicted octanol–water partition coefficient (Wildman–Crippen LogP) is 4.25. The number of hydrogen-bond acceptors (Lipinski definition) is 6. The van der Waals surface area contributed by atoms with Crippen LogP contribution in [-0.2, 0) is 6.54 Å². The zero-order valence-electron chi connectivity index (χ0n) is 18.1. The molecule has 1 aliphatic heterocycles. The Morgan fingerprint density at radius 3 is 2.34 bits per heavy atom. The van der Waals surface area contributed by atoms with Crippen molar-refractivity contribution in [2.75, 3.05) is 26.3 Å². The highest BCUT2D eigenvalue weighted by Gasteiger charge is 2.34. The lowest BCUT2D eigenvalue weighted by Crippen LogP contribution is -2.43. The van der Waals surface area contributed by atoms with E-state index in [-0.39, 0.29) is 18.6 Å². The minimum Gasteiger partial charge on any atom is -0.396 e. The van der Waals surface area contributed by atoms with Gasteiger partial charge in [0.1, 0.15) is 10.7 Å². The van der Waals surface area contributed by atoms with Crippen molar-refractivity contribution in [2.45, 2.75) is 71.8 Å². The molecular formula is C23H35N3O2S. The third-order valence-electron chi connectivity index (χ3n) is 7.30. The van der Waals surface area contributed by atoms with Gasteiger partial charge in [-0.3, -0.25) is 4.90 Å². The Balaban J connectivity index is 1.52. The number of aliphatic hydroxyl groups is 2. The molecule has 3 heterocycles. The van der Waals surface area contributed by atoms with E-state index in [2.05, 4.69) is 24.8 Å². The van der Waals surface area contributed by atoms with E-state index in [0.717, 1.165) is 48.8 Å². The number of nitrogens with zero attached hydrogens (tertiary/aromatic N) is 3. The molecule has 1 saturated heterocycles. The summed E-state index contributed by atoms with van der Waals surface area (Å²) in [6.45, 7) is 9.51. The van der Waals surface area contributed by atoms with Crippen molar-refractivity contribution in [2.24, 2.45) is 10.8 Å². The van der Waals surface area contributed by atoms with Gasteiger partial charge in [-0.2, -0.15) is 0 Å². The zero-order valence-corrected chi connectivity index (χ0v) is 18.9. The van der Waals surface area contributed by atoms with Crippen LogP contribution in [0.15, 0.2) is 6.07 Å². The molecule has 2 N–H and O–H groups in total. The Morgan fingerprint density at radius 2 is 1.72 bits per heavy atom. The number of rotatable bonds is 5. The molecule has 6 heteroatoms. The third-order valence-corrected chi connectivity index (χ3v) is 8.50. The fourth-order valence-corrected chi connectivity index (χ4v) is 6.15. The van der Waals surface area contributed by atoms with Gasteiger partial charge in [-0.15, -0.1) is 11.3 Å². The number of hydrogen-bond donors (Lipinski definition) is 2. The van der Waals surface area contributed by atoms with Crippen molar-refractivity contribution in [1.29, 1.82) is 0 Å². The highest BCUT2D eigenvalue weighted by molar-refractivity contribution is 7.18. The average molecular weight is 418 g/mol. The van der Waals surface area contributed by atoms with E-state index in [9.17, 15) is 10.2 Å². The van der Waals surface area contributed by atoms with Crippen LogP contribution in [0.1, 0.15) is 74.7 Å². The molecule has 0 amide bonds. The monoisotopic (exact) mass is 417 g/mol. The van der Waals surface area contributed by atoms with Gasteiger partial charge in [-0.1, -0.05) is 13.8 Å². The van der Waals surface area contributed by atoms with Crippen molar-refractivity contribution in [3.63, 3.8) is 0 Å². The van der Waals surface area contributed by atoms with Gasteiger partial charge in [0.25, 0.3) is 0 Å². The predicted molar refractivity (Wildman–Crippen MR) is 118 cm³/mol. The van der Waals surface area contributed by atoms with E-state index in [1.807, 2.05) is 18.3 Å². The minimum absolute atomic E-state index is 0.0697. The Bertz CT molecular complexity index is 839. The van der Waals surface area contributed by atoms with Crippen molar-refractivity contribution >= 4 is 21.6 Å². The molecule has 1 saturated carbocycles. The van der Waals surface area contributed by atoms with Gasteiger partial charge in [0.2, 0.25) is 0 Å². The van der Waals surface area contributed by atoms with Crippen LogP contribution in [0.2, 0.25) is 0 Å². The third kappa shape index (κ3) is 4.50. The summed E-state index contributed by atoms with van der Waals surface area (Å²) in [5, 5.41) is 20.5. The molecule has 0 aromatic carbocycles. The zero-order chi connectivity index (χ0) is 20.6. The van der Waals surface area contributed by atoms with Gasteiger partial charge < -0.3 is 10.2 Å². The summed E-state index contributed by atoms with van der Waals surface area (Å²) in [4.78, 5) is 14.6. The SMILES string of the molecule is Cc1nc(CN2CCC(CO)(CO)CC2)c2cc(C3CCC(C)(C)CC3)sc2n1. The van der Waals surface area contributed by atoms with Gasteiger partial charge in [0, 0.05) is 22.2 Å². The minimum atomic E-state index is -0.308. The van der Waals surface area contributed by atoms with Gasteiger partial charge in [-0.05, 0) is 75.9 Å². The van der Waals surface area contributed by atoms with Crippen LogP contribution in [0.4, 0.5) is 0 Å². The molecule has 160 valence electrons. The molecule has 0 bridgehead atoms. The van der Waals surface area contributed by atoms with Gasteiger partial charge in [0.05, 0.1) is 18.9 Å². The summed E-state index contributed by atoms with van der Waals surface area (Å²) in [6, 6.07) is 2.37. The number of aryl methyl sites for hydroxylation is 1. The summed E-state index contributed by atoms with van der Waals surface area (Å²) in [5.74, 6) is 1.52. The average Bonchev–Trinajstić information content (AvgIpc) is 3.13. The number of likely N-dealkylation sites (tertiary alicyclic amines) is 1. The standard InChI is InChI=1S/C23H35N3O2S/c1-16-24-19(13-26-10-8-23(14-27,15-28)9-11-26)18-12-20(29-21(18)25-16)17-4-6-22(2,3)7-5-17/h12,17,27-28H,4-11,13-15H2,1-3H3. The van der Waals surface area contributed by atoms with Crippen LogP contribution in [0.3, 0.4) is 0 Å². The van der Waals surface area contributed by atoms with Crippen molar-refractivity contribution < 1.29 is 10.2 Å². The molecule has 5 nitrogen and oxygen atoms in total. The molecule has 2 aromatic heterocycles. The molecule has 1 aliphatic carbocycles. The first-order valence-electron chi connectivity index (χ1n) is 11.0. The maximum Gasteiger partial charge on any atom is 0.127 e. The van der Waals surface area contributed by atoms with Crippen LogP contribution in [0.25, 0.3) is 10.2 Å². The molecule has 2 aliphatic rings. The van der Waals surface area contributed by atoms with E-state index < -0.39 is 0 Å². The van der Waals surface area contributed by atoms with Gasteiger partial charge >= 0.3 is 0 Å². The fraction of sp³-hybridized carbons (Fsp3) is 0.739. The number of piperidine rings is 1. The highest BCUT2D eigenvalue weighted by Crippen LogP contribution is 2.45. The lowest BCUT2D eigenvalue weighted by atomic mass is 9.73. The Morgan fingerprint density at radius 1 is 1.07 bits per heavy atom. The van der Waals surface area contributed by atoms with Crippen LogP contribution >= 0.6 is 11.3 Å². The van der Waals surface area contributed by atoms with Crippen LogP contribution < -0.4 is 0 Å². The second kappa shape index (κ2) is 8.22. The summed E-state index contributed by atoms with van der Waals surface area (Å²) >= 11 is 1.87. The summed E-state index contributed by atoms with van der Waals surface area (Å²) in [5.41, 5.74) is 1.31. The van der Waals surface area contributed by atoms with Crippen LogP contribution in [-0.4, -0.2) is 51.4 Å². The molecule has 0 radical (unpaired) electrons. The maximum atomic E-state index is 9.66. The molecule has 0 spiro atoms. The topological polar surface area (TPSA) is 69.5 Å². The maximum absolute atomic E-state index is 9.66. The van der Waals surface area contributed by atoms with Crippen molar-refractivity contribution in [3.05, 3.63) is 22.5 Å². The van der Waals surface area contributed by atoms with Gasteiger partial charge in [0.15, 0.2) is 0 Å². The molecule has 0 unspecified atom stereocenters. The van der Waals surface area contributed by atoms with Crippen molar-refractivity contribution in [3.8, 4) is 0 Å². The normalized spacial score (nSPS) is 22.9. The molecule has 0 atom stereocenters. The summed E-state index contributed by atoms with van der Waals surface area (Å²) in [6.07, 6.45) is 6.82.